The average Bonchev–Trinajstić information content (AvgIpc) is 3.80. The van der Waals surface area contributed by atoms with Gasteiger partial charge < -0.3 is 25.7 Å². The van der Waals surface area contributed by atoms with E-state index in [1.54, 1.807) is 0 Å². The third-order valence-electron chi connectivity index (χ3n) is 7.86. The molecule has 1 aliphatic heterocycles. The lowest BCUT2D eigenvalue weighted by molar-refractivity contribution is 0.0696. The number of hydrazine groups is 1. The minimum atomic E-state index is -0.0263. The molecule has 8 heteroatoms. The highest BCUT2D eigenvalue weighted by Gasteiger charge is 2.23. The van der Waals surface area contributed by atoms with E-state index in [1.807, 2.05) is 13.1 Å². The Labute approximate surface area is 232 Å². The summed E-state index contributed by atoms with van der Waals surface area (Å²) in [6.45, 7) is 5.12. The predicted octanol–water partition coefficient (Wildman–Crippen LogP) is 1.89. The molecule has 0 spiro atoms. The average molecular weight is 533 g/mol. The normalized spacial score (nSPS) is 17.9. The molecule has 1 aromatic heterocycles. The summed E-state index contributed by atoms with van der Waals surface area (Å²) in [4.78, 5) is 21.3. The van der Waals surface area contributed by atoms with Crippen molar-refractivity contribution in [1.29, 1.82) is 0 Å². The van der Waals surface area contributed by atoms with E-state index in [-0.39, 0.29) is 11.9 Å². The van der Waals surface area contributed by atoms with Crippen LogP contribution in [0.15, 0.2) is 30.3 Å². The van der Waals surface area contributed by atoms with E-state index in [2.05, 4.69) is 63.8 Å². The Morgan fingerprint density at radius 2 is 2.00 bits per heavy atom. The molecule has 1 saturated carbocycles. The maximum Gasteiger partial charge on any atom is 0.252 e. The van der Waals surface area contributed by atoms with Crippen LogP contribution in [0.25, 0.3) is 23.0 Å². The second-order valence-electron chi connectivity index (χ2n) is 11.2. The van der Waals surface area contributed by atoms with Crippen LogP contribution in [0.2, 0.25) is 0 Å². The zero-order valence-electron chi connectivity index (χ0n) is 23.5. The summed E-state index contributed by atoms with van der Waals surface area (Å²) in [5.74, 6) is 0.734. The van der Waals surface area contributed by atoms with Gasteiger partial charge in [0.05, 0.1) is 16.6 Å². The van der Waals surface area contributed by atoms with Gasteiger partial charge in [-0.3, -0.25) is 4.79 Å². The van der Waals surface area contributed by atoms with E-state index in [1.165, 1.54) is 18.4 Å². The Morgan fingerprint density at radius 3 is 2.79 bits per heavy atom. The molecular weight excluding hydrogens is 488 g/mol. The smallest absolute Gasteiger partial charge is 0.252 e. The maximum absolute atomic E-state index is 13.9. The molecule has 2 fully saturated rings. The molecule has 1 saturated heterocycles. The number of pyridine rings is 1. The number of amides is 1. The molecule has 3 aliphatic rings. The number of rotatable bonds is 12. The minimum absolute atomic E-state index is 0.0263. The zero-order valence-corrected chi connectivity index (χ0v) is 23.5. The van der Waals surface area contributed by atoms with Crippen molar-refractivity contribution in [2.75, 3.05) is 46.9 Å². The summed E-state index contributed by atoms with van der Waals surface area (Å²) >= 11 is 0. The van der Waals surface area contributed by atoms with Gasteiger partial charge in [-0.05, 0) is 82.7 Å². The monoisotopic (exact) mass is 532 g/mol. The number of nitrogens with one attached hydrogen (secondary N) is 4. The van der Waals surface area contributed by atoms with E-state index in [9.17, 15) is 4.79 Å². The summed E-state index contributed by atoms with van der Waals surface area (Å²) in [5, 5.41) is 8.36. The van der Waals surface area contributed by atoms with Crippen molar-refractivity contribution in [1.82, 2.24) is 31.4 Å². The number of likely N-dealkylation sites (N-methyl/N-ethyl adjacent to an activating group) is 2. The van der Waals surface area contributed by atoms with Gasteiger partial charge in [0, 0.05) is 61.9 Å². The lowest BCUT2D eigenvalue weighted by Crippen LogP contribution is -2.46. The van der Waals surface area contributed by atoms with Crippen LogP contribution >= 0.6 is 0 Å². The van der Waals surface area contributed by atoms with E-state index in [0.717, 1.165) is 91.7 Å². The molecule has 1 amide bonds. The van der Waals surface area contributed by atoms with Gasteiger partial charge in [0.2, 0.25) is 0 Å². The Balaban J connectivity index is 1.51. The van der Waals surface area contributed by atoms with Gasteiger partial charge in [0.15, 0.2) is 0 Å². The second-order valence-corrected chi connectivity index (χ2v) is 11.2. The summed E-state index contributed by atoms with van der Waals surface area (Å²) in [5.41, 5.74) is 11.8. The molecule has 210 valence electrons. The third kappa shape index (κ3) is 7.66. The largest absolute Gasteiger partial charge is 0.381 e. The number of fused-ring (bicyclic) bond motifs is 1. The van der Waals surface area contributed by atoms with Crippen LogP contribution < -0.4 is 32.1 Å². The quantitative estimate of drug-likeness (QED) is 0.311. The molecule has 0 unspecified atom stereocenters. The highest BCUT2D eigenvalue weighted by Crippen LogP contribution is 2.27. The molecule has 0 bridgehead atoms. The highest BCUT2D eigenvalue weighted by molar-refractivity contribution is 5.96. The first-order chi connectivity index (χ1) is 19.1. The van der Waals surface area contributed by atoms with Crippen molar-refractivity contribution < 1.29 is 9.53 Å². The first-order valence-electron chi connectivity index (χ1n) is 14.6. The van der Waals surface area contributed by atoms with Crippen LogP contribution in [0, 0.1) is 5.92 Å². The van der Waals surface area contributed by atoms with Gasteiger partial charge in [0.1, 0.15) is 0 Å². The van der Waals surface area contributed by atoms with Gasteiger partial charge in [0.25, 0.3) is 5.91 Å². The lowest BCUT2D eigenvalue weighted by atomic mass is 10.0. The first-order valence-corrected chi connectivity index (χ1v) is 14.6. The standard InChI is InChI=1S/C31H44N6O2/c1-32-14-15-37(2)21-23-6-5-7-24(18-23)29-19-26(31(38)34-25-12-16-39-17-13-25)30-27(35-29)8-3-4-9-28(30)36-33-20-22-10-11-22/h5-8,18-19,22,25,32-33,36H,3-4,9-17,20-21H2,1-2H3,(H,34,38). The molecule has 2 aliphatic carbocycles. The van der Waals surface area contributed by atoms with Crippen LogP contribution in [0.5, 0.6) is 0 Å². The maximum atomic E-state index is 13.9. The lowest BCUT2D eigenvalue weighted by Gasteiger charge is -2.23. The van der Waals surface area contributed by atoms with Crippen molar-refractivity contribution in [3.05, 3.63) is 52.0 Å². The minimum Gasteiger partial charge on any atom is -0.381 e. The first kappa shape index (κ1) is 27.8. The summed E-state index contributed by atoms with van der Waals surface area (Å²) < 4.78 is 5.52. The SMILES string of the molecule is CNCCN(C)Cc1cccc(-c2cc(C(=O)NC3CCOCC3)c3c(n2)=CCCCC=3NNCC2CC2)c1. The fourth-order valence-electron chi connectivity index (χ4n) is 5.38. The van der Waals surface area contributed by atoms with Crippen molar-refractivity contribution in [2.45, 2.75) is 57.5 Å². The Morgan fingerprint density at radius 1 is 1.15 bits per heavy atom. The van der Waals surface area contributed by atoms with Crippen LogP contribution in [0.1, 0.15) is 60.9 Å². The molecule has 0 radical (unpaired) electrons. The fraction of sp³-hybridized carbons (Fsp3) is 0.548. The van der Waals surface area contributed by atoms with Crippen LogP contribution in [-0.2, 0) is 11.3 Å². The van der Waals surface area contributed by atoms with Crippen molar-refractivity contribution in [3.8, 4) is 11.3 Å². The number of ether oxygens (including phenoxy) is 1. The number of nitrogens with zero attached hydrogens (tertiary/aromatic N) is 2. The Bertz CT molecular complexity index is 1250. The summed E-state index contributed by atoms with van der Waals surface area (Å²) in [7, 11) is 4.12. The molecule has 39 heavy (non-hydrogen) atoms. The zero-order chi connectivity index (χ0) is 27.0. The molecule has 1 aromatic carbocycles. The molecule has 2 heterocycles. The van der Waals surface area contributed by atoms with Gasteiger partial charge in [-0.25, -0.2) is 10.4 Å². The fourth-order valence-corrected chi connectivity index (χ4v) is 5.38. The van der Waals surface area contributed by atoms with Crippen molar-refractivity contribution in [3.63, 3.8) is 0 Å². The van der Waals surface area contributed by atoms with Crippen LogP contribution in [0.3, 0.4) is 0 Å². The molecule has 4 N–H and O–H groups in total. The van der Waals surface area contributed by atoms with Crippen LogP contribution in [0.4, 0.5) is 0 Å². The predicted molar refractivity (Wildman–Crippen MR) is 156 cm³/mol. The van der Waals surface area contributed by atoms with E-state index in [4.69, 9.17) is 9.72 Å². The molecule has 5 rings (SSSR count). The number of hydrogen-bond donors (Lipinski definition) is 4. The Kier molecular flexibility index (Phi) is 9.63. The van der Waals surface area contributed by atoms with Crippen LogP contribution in [-0.4, -0.2) is 68.8 Å². The number of carbonyl (C=O) groups is 1. The Hall–Kier alpha value is -2.78. The van der Waals surface area contributed by atoms with Gasteiger partial charge in [-0.15, -0.1) is 0 Å². The summed E-state index contributed by atoms with van der Waals surface area (Å²) in [6.07, 6.45) is 9.33. The third-order valence-corrected chi connectivity index (χ3v) is 7.86. The molecule has 8 nitrogen and oxygen atoms in total. The topological polar surface area (TPSA) is 90.6 Å². The number of aromatic nitrogens is 1. The van der Waals surface area contributed by atoms with Gasteiger partial charge >= 0.3 is 0 Å². The van der Waals surface area contributed by atoms with Crippen molar-refractivity contribution >= 4 is 17.7 Å². The van der Waals surface area contributed by atoms with Gasteiger partial charge in [-0.1, -0.05) is 24.3 Å². The number of carbonyl (C=O) groups excluding carboxylic acids is 1. The van der Waals surface area contributed by atoms with E-state index >= 15 is 0 Å². The number of benzene rings is 1. The van der Waals surface area contributed by atoms with E-state index < -0.39 is 0 Å². The highest BCUT2D eigenvalue weighted by atomic mass is 16.5. The molecular formula is C31H44N6O2. The molecule has 0 atom stereocenters. The summed E-state index contributed by atoms with van der Waals surface area (Å²) in [6, 6.07) is 10.7. The molecule has 2 aromatic rings. The van der Waals surface area contributed by atoms with Gasteiger partial charge in [-0.2, -0.15) is 0 Å². The van der Waals surface area contributed by atoms with E-state index in [0.29, 0.717) is 18.8 Å². The second kappa shape index (κ2) is 13.5. The number of hydrogen-bond acceptors (Lipinski definition) is 7. The van der Waals surface area contributed by atoms with Crippen molar-refractivity contribution in [2.24, 2.45) is 5.92 Å².